The van der Waals surface area contributed by atoms with Crippen LogP contribution in [-0.2, 0) is 0 Å². The van der Waals surface area contributed by atoms with Crippen LogP contribution in [0, 0.1) is 6.92 Å². The maximum Gasteiger partial charge on any atom is 0.145 e. The van der Waals surface area contributed by atoms with E-state index in [2.05, 4.69) is 18.3 Å². The SMILES string of the molecule is C=C/C(=C\N=C)Oc1ccc(C)cc1. The van der Waals surface area contributed by atoms with Crippen molar-refractivity contribution in [2.24, 2.45) is 4.99 Å². The number of nitrogens with zero attached hydrogens (tertiary/aromatic N) is 1. The predicted octanol–water partition coefficient (Wildman–Crippen LogP) is 3.10. The minimum absolute atomic E-state index is 0.587. The maximum absolute atomic E-state index is 5.47. The van der Waals surface area contributed by atoms with Crippen molar-refractivity contribution in [1.82, 2.24) is 0 Å². The Bertz CT molecular complexity index is 349. The summed E-state index contributed by atoms with van der Waals surface area (Å²) in [5.41, 5.74) is 1.20. The average molecular weight is 187 g/mol. The van der Waals surface area contributed by atoms with Crippen molar-refractivity contribution < 1.29 is 4.74 Å². The van der Waals surface area contributed by atoms with Gasteiger partial charge in [-0.1, -0.05) is 24.3 Å². The highest BCUT2D eigenvalue weighted by molar-refractivity contribution is 5.31. The smallest absolute Gasteiger partial charge is 0.145 e. The summed E-state index contributed by atoms with van der Waals surface area (Å²) in [6.07, 6.45) is 3.11. The van der Waals surface area contributed by atoms with Gasteiger partial charge in [0.1, 0.15) is 11.5 Å². The third-order valence-electron chi connectivity index (χ3n) is 1.68. The second-order valence-corrected chi connectivity index (χ2v) is 2.83. The van der Waals surface area contributed by atoms with Gasteiger partial charge in [-0.15, -0.1) is 0 Å². The zero-order chi connectivity index (χ0) is 10.4. The number of aliphatic imine (C=N–C) groups is 1. The summed E-state index contributed by atoms with van der Waals surface area (Å²) in [4.78, 5) is 3.61. The number of hydrogen-bond donors (Lipinski definition) is 0. The van der Waals surface area contributed by atoms with Crippen LogP contribution in [0.1, 0.15) is 5.56 Å². The van der Waals surface area contributed by atoms with Crippen LogP contribution in [0.3, 0.4) is 0 Å². The van der Waals surface area contributed by atoms with Gasteiger partial charge in [-0.3, -0.25) is 4.99 Å². The number of benzene rings is 1. The monoisotopic (exact) mass is 187 g/mol. The van der Waals surface area contributed by atoms with Crippen molar-refractivity contribution >= 4 is 6.72 Å². The summed E-state index contributed by atoms with van der Waals surface area (Å²) in [6.45, 7) is 8.99. The Morgan fingerprint density at radius 1 is 1.36 bits per heavy atom. The molecule has 2 heteroatoms. The van der Waals surface area contributed by atoms with E-state index in [4.69, 9.17) is 4.74 Å². The lowest BCUT2D eigenvalue weighted by atomic mass is 10.2. The molecule has 1 aromatic carbocycles. The fourth-order valence-electron chi connectivity index (χ4n) is 0.953. The predicted molar refractivity (Wildman–Crippen MR) is 59.6 cm³/mol. The van der Waals surface area contributed by atoms with Crippen molar-refractivity contribution in [3.05, 3.63) is 54.4 Å². The highest BCUT2D eigenvalue weighted by Gasteiger charge is 1.95. The lowest BCUT2D eigenvalue weighted by Gasteiger charge is -2.04. The van der Waals surface area contributed by atoms with E-state index in [9.17, 15) is 0 Å². The van der Waals surface area contributed by atoms with Gasteiger partial charge in [0.05, 0.1) is 6.20 Å². The molecule has 0 aliphatic carbocycles. The van der Waals surface area contributed by atoms with Crippen LogP contribution >= 0.6 is 0 Å². The molecule has 0 saturated heterocycles. The molecule has 0 radical (unpaired) electrons. The molecular formula is C12H13NO. The van der Waals surface area contributed by atoms with Crippen LogP contribution < -0.4 is 4.74 Å². The van der Waals surface area contributed by atoms with Crippen molar-refractivity contribution in [2.45, 2.75) is 6.92 Å². The molecule has 72 valence electrons. The first-order chi connectivity index (χ1) is 6.76. The molecule has 0 fully saturated rings. The Morgan fingerprint density at radius 3 is 2.50 bits per heavy atom. The van der Waals surface area contributed by atoms with Crippen molar-refractivity contribution in [3.63, 3.8) is 0 Å². The largest absolute Gasteiger partial charge is 0.456 e. The van der Waals surface area contributed by atoms with Crippen LogP contribution in [0.2, 0.25) is 0 Å². The minimum atomic E-state index is 0.587. The number of rotatable bonds is 4. The Balaban J connectivity index is 2.77. The second-order valence-electron chi connectivity index (χ2n) is 2.83. The van der Waals surface area contributed by atoms with Crippen LogP contribution in [-0.4, -0.2) is 6.72 Å². The highest BCUT2D eigenvalue weighted by Crippen LogP contribution is 2.15. The molecule has 2 nitrogen and oxygen atoms in total. The van der Waals surface area contributed by atoms with E-state index in [0.717, 1.165) is 5.75 Å². The lowest BCUT2D eigenvalue weighted by Crippen LogP contribution is -1.91. The molecule has 0 saturated carbocycles. The fourth-order valence-corrected chi connectivity index (χ4v) is 0.953. The third-order valence-corrected chi connectivity index (χ3v) is 1.68. The topological polar surface area (TPSA) is 21.6 Å². The Labute approximate surface area is 84.3 Å². The van der Waals surface area contributed by atoms with Crippen LogP contribution in [0.15, 0.2) is 53.9 Å². The van der Waals surface area contributed by atoms with Crippen LogP contribution in [0.5, 0.6) is 5.75 Å². The number of allylic oxidation sites excluding steroid dienone is 1. The molecule has 0 amide bonds. The highest BCUT2D eigenvalue weighted by atomic mass is 16.5. The second kappa shape index (κ2) is 5.02. The van der Waals surface area contributed by atoms with Gasteiger partial charge >= 0.3 is 0 Å². The summed E-state index contributed by atoms with van der Waals surface area (Å²) in [5.74, 6) is 1.36. The van der Waals surface area contributed by atoms with Crippen LogP contribution in [0.25, 0.3) is 0 Å². The Hall–Kier alpha value is -1.83. The summed E-state index contributed by atoms with van der Waals surface area (Å²) in [7, 11) is 0. The van der Waals surface area contributed by atoms with Crippen molar-refractivity contribution in [1.29, 1.82) is 0 Å². The molecular weight excluding hydrogens is 174 g/mol. The minimum Gasteiger partial charge on any atom is -0.456 e. The first kappa shape index (κ1) is 10.3. The van der Waals surface area contributed by atoms with E-state index in [0.29, 0.717) is 5.76 Å². The molecule has 0 bridgehead atoms. The van der Waals surface area contributed by atoms with Crippen molar-refractivity contribution in [3.8, 4) is 5.75 Å². The summed E-state index contributed by atoms with van der Waals surface area (Å²) >= 11 is 0. The molecule has 0 atom stereocenters. The van der Waals surface area contributed by atoms with Gasteiger partial charge in [0.15, 0.2) is 0 Å². The first-order valence-corrected chi connectivity index (χ1v) is 4.29. The summed E-state index contributed by atoms with van der Waals surface area (Å²) < 4.78 is 5.47. The number of aryl methyl sites for hydroxylation is 1. The lowest BCUT2D eigenvalue weighted by molar-refractivity contribution is 0.443. The van der Waals surface area contributed by atoms with Gasteiger partial charge in [-0.05, 0) is 31.9 Å². The fraction of sp³-hybridized carbons (Fsp3) is 0.0833. The van der Waals surface area contributed by atoms with E-state index >= 15 is 0 Å². The van der Waals surface area contributed by atoms with Gasteiger partial charge < -0.3 is 4.74 Å². The van der Waals surface area contributed by atoms with Gasteiger partial charge in [0, 0.05) is 0 Å². The summed E-state index contributed by atoms with van der Waals surface area (Å²) in [5, 5.41) is 0. The average Bonchev–Trinajstić information content (AvgIpc) is 2.20. The molecule has 0 aromatic heterocycles. The molecule has 0 unspecified atom stereocenters. The van der Waals surface area contributed by atoms with E-state index in [1.165, 1.54) is 11.8 Å². The molecule has 0 aliphatic rings. The van der Waals surface area contributed by atoms with Gasteiger partial charge in [-0.25, -0.2) is 0 Å². The van der Waals surface area contributed by atoms with Gasteiger partial charge in [0.2, 0.25) is 0 Å². The van der Waals surface area contributed by atoms with Crippen LogP contribution in [0.4, 0.5) is 0 Å². The molecule has 0 N–H and O–H groups in total. The Kier molecular flexibility index (Phi) is 3.68. The van der Waals surface area contributed by atoms with E-state index < -0.39 is 0 Å². The normalized spacial score (nSPS) is 10.8. The number of hydrogen-bond acceptors (Lipinski definition) is 2. The first-order valence-electron chi connectivity index (χ1n) is 4.29. The van der Waals surface area contributed by atoms with Crippen molar-refractivity contribution in [2.75, 3.05) is 0 Å². The number of ether oxygens (including phenoxy) is 1. The third kappa shape index (κ3) is 2.90. The molecule has 1 rings (SSSR count). The Morgan fingerprint density at radius 2 is 2.00 bits per heavy atom. The standard InChI is InChI=1S/C12H13NO/c1-4-11(9-13-3)14-12-7-5-10(2)6-8-12/h4-9H,1,3H2,2H3/b11-9+. The molecule has 0 heterocycles. The van der Waals surface area contributed by atoms with E-state index in [1.807, 2.05) is 31.2 Å². The van der Waals surface area contributed by atoms with Gasteiger partial charge in [-0.2, -0.15) is 0 Å². The summed E-state index contributed by atoms with van der Waals surface area (Å²) in [6, 6.07) is 7.76. The zero-order valence-corrected chi connectivity index (χ0v) is 8.23. The van der Waals surface area contributed by atoms with E-state index in [-0.39, 0.29) is 0 Å². The molecule has 1 aromatic rings. The van der Waals surface area contributed by atoms with Gasteiger partial charge in [0.25, 0.3) is 0 Å². The molecule has 0 spiro atoms. The zero-order valence-electron chi connectivity index (χ0n) is 8.23. The quantitative estimate of drug-likeness (QED) is 0.403. The molecule has 14 heavy (non-hydrogen) atoms. The van der Waals surface area contributed by atoms with E-state index in [1.54, 1.807) is 6.08 Å². The molecule has 0 aliphatic heterocycles. The maximum atomic E-state index is 5.47.